The van der Waals surface area contributed by atoms with E-state index in [1.807, 2.05) is 115 Å². The molecule has 0 radical (unpaired) electrons. The van der Waals surface area contributed by atoms with Crippen LogP contribution in [0.1, 0.15) is 5.56 Å². The third-order valence-corrected chi connectivity index (χ3v) is 5.46. The van der Waals surface area contributed by atoms with Gasteiger partial charge in [0.15, 0.2) is 5.71 Å². The number of hydrogen-bond donors (Lipinski definition) is 1. The van der Waals surface area contributed by atoms with Crippen LogP contribution in [0, 0.1) is 0 Å². The normalized spacial score (nSPS) is 13.6. The highest BCUT2D eigenvalue weighted by Crippen LogP contribution is 2.32. The van der Waals surface area contributed by atoms with Gasteiger partial charge in [0.25, 0.3) is 5.91 Å². The van der Waals surface area contributed by atoms with Crippen LogP contribution >= 0.6 is 0 Å². The first-order valence-electron chi connectivity index (χ1n) is 11.0. The van der Waals surface area contributed by atoms with Crippen molar-refractivity contribution in [2.75, 3.05) is 21.8 Å². The SMILES string of the molecule is O=C(CN1C(=O)/C(=N\N(c2ccccc2)c2ccccc2)c2ccccc21)Nc1ccccc1. The summed E-state index contributed by atoms with van der Waals surface area (Å²) < 4.78 is 0. The van der Waals surface area contributed by atoms with Gasteiger partial charge >= 0.3 is 0 Å². The molecule has 1 aliphatic heterocycles. The molecule has 2 amide bonds. The Bertz CT molecular complexity index is 1300. The second-order valence-corrected chi connectivity index (χ2v) is 7.75. The molecular weight excluding hydrogens is 424 g/mol. The molecule has 0 spiro atoms. The number of anilines is 4. The van der Waals surface area contributed by atoms with Crippen LogP contribution in [0.2, 0.25) is 0 Å². The minimum atomic E-state index is -0.318. The molecule has 0 aliphatic carbocycles. The number of para-hydroxylation sites is 4. The summed E-state index contributed by atoms with van der Waals surface area (Å²) in [5, 5.41) is 9.40. The summed E-state index contributed by atoms with van der Waals surface area (Å²) in [5.74, 6) is -0.597. The molecule has 1 heterocycles. The highest BCUT2D eigenvalue weighted by atomic mass is 16.2. The summed E-state index contributed by atoms with van der Waals surface area (Å²) >= 11 is 0. The molecule has 0 unspecified atom stereocenters. The molecule has 34 heavy (non-hydrogen) atoms. The van der Waals surface area contributed by atoms with E-state index in [0.717, 1.165) is 11.4 Å². The Hall–Kier alpha value is -4.71. The molecule has 6 heteroatoms. The van der Waals surface area contributed by atoms with Gasteiger partial charge in [0.2, 0.25) is 5.91 Å². The fraction of sp³-hybridized carbons (Fsp3) is 0.0357. The van der Waals surface area contributed by atoms with Crippen molar-refractivity contribution in [3.63, 3.8) is 0 Å². The van der Waals surface area contributed by atoms with Crippen molar-refractivity contribution in [2.24, 2.45) is 5.10 Å². The van der Waals surface area contributed by atoms with Gasteiger partial charge in [-0.2, -0.15) is 5.10 Å². The molecule has 1 aliphatic rings. The second-order valence-electron chi connectivity index (χ2n) is 7.75. The molecule has 0 bridgehead atoms. The topological polar surface area (TPSA) is 65.0 Å². The summed E-state index contributed by atoms with van der Waals surface area (Å²) in [7, 11) is 0. The molecule has 5 rings (SSSR count). The highest BCUT2D eigenvalue weighted by Gasteiger charge is 2.35. The fourth-order valence-electron chi connectivity index (χ4n) is 3.88. The second kappa shape index (κ2) is 9.42. The van der Waals surface area contributed by atoms with E-state index in [1.54, 1.807) is 5.01 Å². The van der Waals surface area contributed by atoms with Gasteiger partial charge in [-0.25, -0.2) is 5.01 Å². The van der Waals surface area contributed by atoms with Crippen LogP contribution < -0.4 is 15.2 Å². The molecule has 0 fully saturated rings. The van der Waals surface area contributed by atoms with Crippen molar-refractivity contribution in [1.82, 2.24) is 0 Å². The van der Waals surface area contributed by atoms with E-state index in [0.29, 0.717) is 16.9 Å². The lowest BCUT2D eigenvalue weighted by Gasteiger charge is -2.20. The third kappa shape index (κ3) is 4.29. The summed E-state index contributed by atoms with van der Waals surface area (Å²) in [5.41, 5.74) is 3.97. The molecule has 166 valence electrons. The quantitative estimate of drug-likeness (QED) is 0.413. The lowest BCUT2D eigenvalue weighted by Crippen LogP contribution is -2.37. The Morgan fingerprint density at radius 2 is 1.26 bits per heavy atom. The van der Waals surface area contributed by atoms with Crippen molar-refractivity contribution < 1.29 is 9.59 Å². The number of amides is 2. The minimum absolute atomic E-state index is 0.111. The molecule has 0 saturated heterocycles. The number of nitrogens with one attached hydrogen (secondary N) is 1. The average Bonchev–Trinajstić information content (AvgIpc) is 3.14. The van der Waals surface area contributed by atoms with Crippen LogP contribution in [0.5, 0.6) is 0 Å². The molecule has 1 N–H and O–H groups in total. The highest BCUT2D eigenvalue weighted by molar-refractivity contribution is 6.55. The first-order valence-corrected chi connectivity index (χ1v) is 11.0. The maximum absolute atomic E-state index is 13.5. The van der Waals surface area contributed by atoms with Gasteiger partial charge in [0.1, 0.15) is 6.54 Å². The zero-order chi connectivity index (χ0) is 23.3. The lowest BCUT2D eigenvalue weighted by atomic mass is 10.1. The van der Waals surface area contributed by atoms with Crippen LogP contribution in [-0.2, 0) is 9.59 Å². The van der Waals surface area contributed by atoms with Crippen molar-refractivity contribution in [3.05, 3.63) is 121 Å². The molecule has 0 aromatic heterocycles. The van der Waals surface area contributed by atoms with Crippen LogP contribution in [0.25, 0.3) is 0 Å². The number of benzene rings is 4. The predicted molar refractivity (Wildman–Crippen MR) is 135 cm³/mol. The van der Waals surface area contributed by atoms with Crippen molar-refractivity contribution >= 4 is 40.3 Å². The van der Waals surface area contributed by atoms with Crippen LogP contribution in [-0.4, -0.2) is 24.1 Å². The minimum Gasteiger partial charge on any atom is -0.325 e. The molecule has 0 atom stereocenters. The third-order valence-electron chi connectivity index (χ3n) is 5.46. The van der Waals surface area contributed by atoms with E-state index in [4.69, 9.17) is 5.10 Å². The molecule has 4 aromatic rings. The van der Waals surface area contributed by atoms with E-state index < -0.39 is 0 Å². The number of carbonyl (C=O) groups excluding carboxylic acids is 2. The van der Waals surface area contributed by atoms with Gasteiger partial charge in [-0.3, -0.25) is 14.5 Å². The number of nitrogens with zero attached hydrogens (tertiary/aromatic N) is 3. The number of fused-ring (bicyclic) bond motifs is 1. The Kier molecular flexibility index (Phi) is 5.86. The first kappa shape index (κ1) is 21.2. The van der Waals surface area contributed by atoms with Gasteiger partial charge in [0, 0.05) is 11.3 Å². The summed E-state index contributed by atoms with van der Waals surface area (Å²) in [6.45, 7) is -0.111. The Morgan fingerprint density at radius 1 is 0.735 bits per heavy atom. The van der Waals surface area contributed by atoms with Crippen LogP contribution in [0.4, 0.5) is 22.7 Å². The summed E-state index contributed by atoms with van der Waals surface area (Å²) in [6.07, 6.45) is 0. The molecular formula is C28H22N4O2. The van der Waals surface area contributed by atoms with Crippen LogP contribution in [0.3, 0.4) is 0 Å². The van der Waals surface area contributed by atoms with E-state index in [-0.39, 0.29) is 24.1 Å². The Balaban J connectivity index is 1.50. The van der Waals surface area contributed by atoms with Gasteiger partial charge in [-0.15, -0.1) is 0 Å². The largest absolute Gasteiger partial charge is 0.325 e. The lowest BCUT2D eigenvalue weighted by molar-refractivity contribution is -0.118. The number of hydrogen-bond acceptors (Lipinski definition) is 4. The zero-order valence-corrected chi connectivity index (χ0v) is 18.3. The maximum atomic E-state index is 13.5. The van der Waals surface area contributed by atoms with Gasteiger partial charge in [-0.1, -0.05) is 72.8 Å². The first-order chi connectivity index (χ1) is 16.7. The average molecular weight is 447 g/mol. The van der Waals surface area contributed by atoms with E-state index in [9.17, 15) is 9.59 Å². The monoisotopic (exact) mass is 446 g/mol. The van der Waals surface area contributed by atoms with Gasteiger partial charge < -0.3 is 5.32 Å². The number of carbonyl (C=O) groups is 2. The van der Waals surface area contributed by atoms with Gasteiger partial charge in [-0.05, 0) is 42.5 Å². The molecule has 4 aromatic carbocycles. The summed E-state index contributed by atoms with van der Waals surface area (Å²) in [4.78, 5) is 27.8. The molecule has 0 saturated carbocycles. The summed E-state index contributed by atoms with van der Waals surface area (Å²) in [6, 6.07) is 35.9. The van der Waals surface area contributed by atoms with Crippen molar-refractivity contribution in [3.8, 4) is 0 Å². The maximum Gasteiger partial charge on any atom is 0.279 e. The van der Waals surface area contributed by atoms with Crippen molar-refractivity contribution in [2.45, 2.75) is 0 Å². The van der Waals surface area contributed by atoms with Crippen LogP contribution in [0.15, 0.2) is 120 Å². The standard InChI is InChI=1S/C28H22N4O2/c33-26(29-21-12-4-1-5-13-21)20-31-25-19-11-10-18-24(25)27(28(31)34)30-32(22-14-6-2-7-15-22)23-16-8-3-9-17-23/h1-19H,20H2,(H,29,33)/b30-27-. The Labute approximate surface area is 197 Å². The number of rotatable bonds is 6. The van der Waals surface area contributed by atoms with E-state index in [1.165, 1.54) is 4.90 Å². The number of hydrazone groups is 1. The molecule has 6 nitrogen and oxygen atoms in total. The van der Waals surface area contributed by atoms with Gasteiger partial charge in [0.05, 0.1) is 17.1 Å². The fourth-order valence-corrected chi connectivity index (χ4v) is 3.88. The Morgan fingerprint density at radius 3 is 1.88 bits per heavy atom. The zero-order valence-electron chi connectivity index (χ0n) is 18.3. The van der Waals surface area contributed by atoms with E-state index >= 15 is 0 Å². The predicted octanol–water partition coefficient (Wildman–Crippen LogP) is 5.21. The smallest absolute Gasteiger partial charge is 0.279 e. The van der Waals surface area contributed by atoms with E-state index in [2.05, 4.69) is 5.32 Å². The van der Waals surface area contributed by atoms with Crippen molar-refractivity contribution in [1.29, 1.82) is 0 Å².